The van der Waals surface area contributed by atoms with Gasteiger partial charge in [-0.1, -0.05) is 54.6 Å². The summed E-state index contributed by atoms with van der Waals surface area (Å²) in [5.74, 6) is -0.643. The van der Waals surface area contributed by atoms with Gasteiger partial charge < -0.3 is 20.4 Å². The first-order valence-electron chi connectivity index (χ1n) is 13.2. The molecule has 1 unspecified atom stereocenters. The predicted octanol–water partition coefficient (Wildman–Crippen LogP) is 6.78. The van der Waals surface area contributed by atoms with Crippen LogP contribution in [0.25, 0.3) is 0 Å². The third kappa shape index (κ3) is 6.00. The summed E-state index contributed by atoms with van der Waals surface area (Å²) >= 11 is 1.23. The molecule has 7 nitrogen and oxygen atoms in total. The topological polar surface area (TPSA) is 107 Å². The molecular weight excluding hydrogens is 520 g/mol. The van der Waals surface area contributed by atoms with Crippen molar-refractivity contribution < 1.29 is 14.0 Å². The third-order valence-corrected chi connectivity index (χ3v) is 8.00. The average molecular weight is 555 g/mol. The van der Waals surface area contributed by atoms with Gasteiger partial charge in [0.1, 0.15) is 5.76 Å². The minimum absolute atomic E-state index is 0.0897. The zero-order valence-electron chi connectivity index (χ0n) is 23.7. The van der Waals surface area contributed by atoms with Gasteiger partial charge in [0.05, 0.1) is 40.2 Å². The van der Waals surface area contributed by atoms with Gasteiger partial charge in [-0.05, 0) is 75.4 Å². The number of rotatable bonds is 8. The summed E-state index contributed by atoms with van der Waals surface area (Å²) in [6.07, 6.45) is 2.33. The molecule has 1 aliphatic heterocycles. The molecule has 2 amide bonds. The average Bonchev–Trinajstić information content (AvgIpc) is 3.44. The lowest BCUT2D eigenvalue weighted by atomic mass is 9.85. The molecule has 1 aromatic heterocycles. The normalized spacial score (nSPS) is 15.0. The molecule has 0 spiro atoms. The molecule has 0 aliphatic carbocycles. The van der Waals surface area contributed by atoms with E-state index in [9.17, 15) is 14.9 Å². The summed E-state index contributed by atoms with van der Waals surface area (Å²) in [6, 6.07) is 15.8. The van der Waals surface area contributed by atoms with Crippen LogP contribution in [-0.2, 0) is 16.0 Å². The number of nitrogens with zero attached hydrogens (tertiary/aromatic N) is 1. The van der Waals surface area contributed by atoms with Crippen molar-refractivity contribution in [2.75, 3.05) is 16.4 Å². The van der Waals surface area contributed by atoms with Gasteiger partial charge in [0, 0.05) is 17.1 Å². The number of nitriles is 1. The number of hydrogen-bond acceptors (Lipinski definition) is 6. The highest BCUT2D eigenvalue weighted by atomic mass is 32.2. The Morgan fingerprint density at radius 2 is 1.73 bits per heavy atom. The van der Waals surface area contributed by atoms with Gasteiger partial charge in [0.2, 0.25) is 5.91 Å². The Labute approximate surface area is 239 Å². The molecular formula is C32H34N4O3S. The van der Waals surface area contributed by atoms with E-state index in [2.05, 4.69) is 22.0 Å². The van der Waals surface area contributed by atoms with Gasteiger partial charge in [-0.3, -0.25) is 9.59 Å². The molecule has 2 heterocycles. The van der Waals surface area contributed by atoms with Crippen molar-refractivity contribution in [3.05, 3.63) is 104 Å². The molecule has 0 saturated carbocycles. The fraction of sp³-hybridized carbons (Fsp3) is 0.281. The summed E-state index contributed by atoms with van der Waals surface area (Å²) in [5, 5.41) is 20.1. The van der Waals surface area contributed by atoms with Crippen molar-refractivity contribution in [2.24, 2.45) is 0 Å². The Bertz CT molecular complexity index is 1540. The van der Waals surface area contributed by atoms with E-state index in [-0.39, 0.29) is 17.6 Å². The molecule has 0 saturated heterocycles. The van der Waals surface area contributed by atoms with Crippen LogP contribution in [0, 0.1) is 39.0 Å². The van der Waals surface area contributed by atoms with Crippen molar-refractivity contribution in [1.29, 1.82) is 5.26 Å². The number of thioether (sulfide) groups is 1. The largest absolute Gasteiger partial charge is 0.468 e. The van der Waals surface area contributed by atoms with Crippen LogP contribution in [0.15, 0.2) is 75.0 Å². The highest BCUT2D eigenvalue weighted by Crippen LogP contribution is 2.41. The number of hydrogen-bond donors (Lipinski definition) is 3. The van der Waals surface area contributed by atoms with Gasteiger partial charge in [-0.2, -0.15) is 5.26 Å². The Hall–Kier alpha value is -4.22. The van der Waals surface area contributed by atoms with E-state index < -0.39 is 5.92 Å². The zero-order valence-corrected chi connectivity index (χ0v) is 24.5. The van der Waals surface area contributed by atoms with Crippen molar-refractivity contribution >= 4 is 35.0 Å². The number of carbonyl (C=O) groups excluding carboxylic acids is 2. The quantitative estimate of drug-likeness (QED) is 0.283. The summed E-state index contributed by atoms with van der Waals surface area (Å²) < 4.78 is 5.72. The van der Waals surface area contributed by atoms with Gasteiger partial charge >= 0.3 is 0 Å². The summed E-state index contributed by atoms with van der Waals surface area (Å²) in [6.45, 7) is 11.8. The van der Waals surface area contributed by atoms with Gasteiger partial charge in [0.15, 0.2) is 0 Å². The highest BCUT2D eigenvalue weighted by Gasteiger charge is 2.36. The number of carbonyl (C=O) groups is 2. The summed E-state index contributed by atoms with van der Waals surface area (Å²) in [5.41, 5.74) is 7.98. The first-order chi connectivity index (χ1) is 19.1. The second kappa shape index (κ2) is 12.3. The molecule has 8 heteroatoms. The van der Waals surface area contributed by atoms with Crippen molar-refractivity contribution in [3.63, 3.8) is 0 Å². The predicted molar refractivity (Wildman–Crippen MR) is 161 cm³/mol. The number of dihydropyridines is 1. The van der Waals surface area contributed by atoms with Crippen LogP contribution in [0.5, 0.6) is 0 Å². The number of para-hydroxylation sites is 1. The van der Waals surface area contributed by atoms with Crippen LogP contribution < -0.4 is 16.0 Å². The Kier molecular flexibility index (Phi) is 8.86. The first-order valence-corrected chi connectivity index (χ1v) is 14.2. The van der Waals surface area contributed by atoms with Gasteiger partial charge in [-0.15, -0.1) is 0 Å². The number of allylic oxidation sites excluding steroid dienone is 2. The molecule has 2 aromatic carbocycles. The van der Waals surface area contributed by atoms with E-state index in [0.29, 0.717) is 27.6 Å². The molecule has 3 N–H and O–H groups in total. The number of anilines is 2. The van der Waals surface area contributed by atoms with Crippen LogP contribution in [0.4, 0.5) is 11.4 Å². The summed E-state index contributed by atoms with van der Waals surface area (Å²) in [4.78, 5) is 26.7. The standard InChI is InChI=1S/C32H34N4O3S/c1-7-23-11-8-10-19(3)30(23)35-26(37)17-40-32-24(16-33)28(25-12-9-13-39-25)27(22(6)34-32)31(38)36-29-20(4)14-18(2)15-21(29)5/h8-15,28,34H,7,17H2,1-6H3,(H,35,37)(H,36,38). The Morgan fingerprint density at radius 3 is 2.35 bits per heavy atom. The van der Waals surface area contributed by atoms with Crippen molar-refractivity contribution in [2.45, 2.75) is 53.9 Å². The van der Waals surface area contributed by atoms with Gasteiger partial charge in [0.25, 0.3) is 5.91 Å². The molecule has 40 heavy (non-hydrogen) atoms. The van der Waals surface area contributed by atoms with Crippen molar-refractivity contribution in [1.82, 2.24) is 5.32 Å². The Morgan fingerprint density at radius 1 is 1.00 bits per heavy atom. The maximum atomic E-state index is 13.7. The monoisotopic (exact) mass is 554 g/mol. The fourth-order valence-corrected chi connectivity index (χ4v) is 6.03. The number of aryl methyl sites for hydroxylation is 5. The molecule has 206 valence electrons. The molecule has 0 bridgehead atoms. The number of furan rings is 1. The number of benzene rings is 2. The minimum Gasteiger partial charge on any atom is -0.468 e. The van der Waals surface area contributed by atoms with E-state index >= 15 is 0 Å². The van der Waals surface area contributed by atoms with Crippen LogP contribution in [0.2, 0.25) is 0 Å². The zero-order chi connectivity index (χ0) is 29.0. The van der Waals surface area contributed by atoms with E-state index in [1.165, 1.54) is 18.0 Å². The second-order valence-corrected chi connectivity index (χ2v) is 11.0. The number of nitrogens with one attached hydrogen (secondary N) is 3. The lowest BCUT2D eigenvalue weighted by molar-refractivity contribution is -0.114. The third-order valence-electron chi connectivity index (χ3n) is 6.99. The van der Waals surface area contributed by atoms with Crippen LogP contribution in [-0.4, -0.2) is 17.6 Å². The lowest BCUT2D eigenvalue weighted by Gasteiger charge is -2.28. The van der Waals surface area contributed by atoms with E-state index in [1.54, 1.807) is 19.1 Å². The van der Waals surface area contributed by atoms with Crippen LogP contribution in [0.1, 0.15) is 53.3 Å². The molecule has 1 atom stereocenters. The molecule has 0 fully saturated rings. The highest BCUT2D eigenvalue weighted by molar-refractivity contribution is 8.03. The molecule has 1 aliphatic rings. The second-order valence-electron chi connectivity index (χ2n) is 9.99. The van der Waals surface area contributed by atoms with Gasteiger partial charge in [-0.25, -0.2) is 0 Å². The fourth-order valence-electron chi connectivity index (χ4n) is 5.14. The van der Waals surface area contributed by atoms with E-state index in [1.807, 2.05) is 65.0 Å². The maximum Gasteiger partial charge on any atom is 0.254 e. The maximum absolute atomic E-state index is 13.7. The first kappa shape index (κ1) is 28.8. The summed E-state index contributed by atoms with van der Waals surface area (Å²) in [7, 11) is 0. The molecule has 3 aromatic rings. The number of amides is 2. The minimum atomic E-state index is -0.721. The Balaban J connectivity index is 1.61. The molecule has 4 rings (SSSR count). The smallest absolute Gasteiger partial charge is 0.254 e. The van der Waals surface area contributed by atoms with Crippen LogP contribution >= 0.6 is 11.8 Å². The SMILES string of the molecule is CCc1cccc(C)c1NC(=O)CSC1=C(C#N)C(c2ccco2)C(C(=O)Nc2c(C)cc(C)cc2C)=C(C)N1. The van der Waals surface area contributed by atoms with Crippen LogP contribution in [0.3, 0.4) is 0 Å². The lowest BCUT2D eigenvalue weighted by Crippen LogP contribution is -2.31. The molecule has 0 radical (unpaired) electrons. The van der Waals surface area contributed by atoms with E-state index in [4.69, 9.17) is 4.42 Å². The van der Waals surface area contributed by atoms with E-state index in [0.717, 1.165) is 45.6 Å². The van der Waals surface area contributed by atoms with Crippen molar-refractivity contribution in [3.8, 4) is 6.07 Å².